The summed E-state index contributed by atoms with van der Waals surface area (Å²) in [6, 6.07) is 2.71. The molecule has 3 N–H and O–H groups in total. The van der Waals surface area contributed by atoms with E-state index in [0.29, 0.717) is 13.2 Å². The Morgan fingerprint density at radius 2 is 2.10 bits per heavy atom. The molecule has 0 spiro atoms. The molecule has 1 amide bonds. The van der Waals surface area contributed by atoms with E-state index < -0.39 is 17.7 Å². The van der Waals surface area contributed by atoms with Gasteiger partial charge in [-0.25, -0.2) is 8.78 Å². The minimum absolute atomic E-state index is 0.115. The maximum absolute atomic E-state index is 13.4. The number of benzene rings is 1. The molecule has 1 fully saturated rings. The molecule has 1 saturated heterocycles. The van der Waals surface area contributed by atoms with Gasteiger partial charge >= 0.3 is 0 Å². The Kier molecular flexibility index (Phi) is 5.64. The van der Waals surface area contributed by atoms with E-state index in [-0.39, 0.29) is 30.4 Å². The first kappa shape index (κ1) is 15.9. The fourth-order valence-corrected chi connectivity index (χ4v) is 2.46. The molecule has 116 valence electrons. The highest BCUT2D eigenvalue weighted by Gasteiger charge is 2.26. The third-order valence-electron chi connectivity index (χ3n) is 3.78. The highest BCUT2D eigenvalue weighted by Crippen LogP contribution is 2.17. The largest absolute Gasteiger partial charge is 0.381 e. The van der Waals surface area contributed by atoms with Crippen molar-refractivity contribution in [3.05, 3.63) is 35.4 Å². The van der Waals surface area contributed by atoms with Crippen molar-refractivity contribution in [3.63, 3.8) is 0 Å². The number of carbonyl (C=O) groups excluding carboxylic acids is 1. The SMILES string of the molecule is NC(C(=O)NCCc1cc(F)ccc1F)C1CCOCC1. The molecule has 1 atom stereocenters. The number of amides is 1. The normalized spacial score (nSPS) is 17.5. The van der Waals surface area contributed by atoms with Crippen molar-refractivity contribution >= 4 is 5.91 Å². The highest BCUT2D eigenvalue weighted by atomic mass is 19.1. The van der Waals surface area contributed by atoms with Gasteiger partial charge in [0.05, 0.1) is 6.04 Å². The van der Waals surface area contributed by atoms with E-state index >= 15 is 0 Å². The highest BCUT2D eigenvalue weighted by molar-refractivity contribution is 5.81. The van der Waals surface area contributed by atoms with Crippen LogP contribution in [0.2, 0.25) is 0 Å². The first-order chi connectivity index (χ1) is 10.1. The number of rotatable bonds is 5. The predicted octanol–water partition coefficient (Wildman–Crippen LogP) is 1.38. The van der Waals surface area contributed by atoms with E-state index in [4.69, 9.17) is 10.5 Å². The molecule has 0 aliphatic carbocycles. The quantitative estimate of drug-likeness (QED) is 0.863. The van der Waals surface area contributed by atoms with Gasteiger partial charge in [-0.2, -0.15) is 0 Å². The fourth-order valence-electron chi connectivity index (χ4n) is 2.46. The monoisotopic (exact) mass is 298 g/mol. The van der Waals surface area contributed by atoms with Crippen molar-refractivity contribution in [1.29, 1.82) is 0 Å². The lowest BCUT2D eigenvalue weighted by Crippen LogP contribution is -2.47. The average molecular weight is 298 g/mol. The number of hydrogen-bond donors (Lipinski definition) is 2. The smallest absolute Gasteiger partial charge is 0.237 e. The van der Waals surface area contributed by atoms with Crippen molar-refractivity contribution in [3.8, 4) is 0 Å². The Bertz CT molecular complexity index is 491. The van der Waals surface area contributed by atoms with Gasteiger partial charge in [0.25, 0.3) is 0 Å². The molecule has 1 unspecified atom stereocenters. The van der Waals surface area contributed by atoms with Crippen molar-refractivity contribution < 1.29 is 18.3 Å². The van der Waals surface area contributed by atoms with Gasteiger partial charge < -0.3 is 15.8 Å². The van der Waals surface area contributed by atoms with Crippen LogP contribution in [0.1, 0.15) is 18.4 Å². The van der Waals surface area contributed by atoms with E-state index in [1.54, 1.807) is 0 Å². The van der Waals surface area contributed by atoms with Crippen molar-refractivity contribution in [2.24, 2.45) is 11.7 Å². The van der Waals surface area contributed by atoms with Crippen LogP contribution in [0.25, 0.3) is 0 Å². The van der Waals surface area contributed by atoms with Gasteiger partial charge in [0, 0.05) is 19.8 Å². The van der Waals surface area contributed by atoms with Crippen LogP contribution in [0, 0.1) is 17.6 Å². The first-order valence-corrected chi connectivity index (χ1v) is 7.13. The maximum atomic E-state index is 13.4. The summed E-state index contributed by atoms with van der Waals surface area (Å²) < 4.78 is 31.7. The van der Waals surface area contributed by atoms with Gasteiger partial charge in [-0.05, 0) is 48.9 Å². The molecule has 0 bridgehead atoms. The lowest BCUT2D eigenvalue weighted by atomic mass is 9.92. The summed E-state index contributed by atoms with van der Waals surface area (Å²) in [6.45, 7) is 1.48. The summed E-state index contributed by atoms with van der Waals surface area (Å²) in [7, 11) is 0. The molecule has 1 aliphatic rings. The molecule has 0 saturated carbocycles. The van der Waals surface area contributed by atoms with Gasteiger partial charge in [-0.3, -0.25) is 4.79 Å². The molecular weight excluding hydrogens is 278 g/mol. The number of nitrogens with one attached hydrogen (secondary N) is 1. The zero-order valence-electron chi connectivity index (χ0n) is 11.8. The number of nitrogens with two attached hydrogens (primary N) is 1. The Balaban J connectivity index is 1.79. The van der Waals surface area contributed by atoms with Gasteiger partial charge in [0.1, 0.15) is 11.6 Å². The fraction of sp³-hybridized carbons (Fsp3) is 0.533. The van der Waals surface area contributed by atoms with E-state index in [9.17, 15) is 13.6 Å². The molecule has 21 heavy (non-hydrogen) atoms. The van der Waals surface area contributed by atoms with Crippen molar-refractivity contribution in [1.82, 2.24) is 5.32 Å². The van der Waals surface area contributed by atoms with Crippen LogP contribution in [-0.4, -0.2) is 31.7 Å². The van der Waals surface area contributed by atoms with Crippen molar-refractivity contribution in [2.75, 3.05) is 19.8 Å². The van der Waals surface area contributed by atoms with E-state index in [1.807, 2.05) is 0 Å². The second-order valence-corrected chi connectivity index (χ2v) is 5.25. The average Bonchev–Trinajstić information content (AvgIpc) is 2.50. The second-order valence-electron chi connectivity index (χ2n) is 5.25. The van der Waals surface area contributed by atoms with Gasteiger partial charge in [0.2, 0.25) is 5.91 Å². The summed E-state index contributed by atoms with van der Waals surface area (Å²) in [6.07, 6.45) is 1.77. The molecule has 6 heteroatoms. The standard InChI is InChI=1S/C15H20F2N2O2/c16-12-1-2-13(17)11(9-12)3-6-19-15(20)14(18)10-4-7-21-8-5-10/h1-2,9-10,14H,3-8,18H2,(H,19,20). The minimum Gasteiger partial charge on any atom is -0.381 e. The summed E-state index contributed by atoms with van der Waals surface area (Å²) in [5, 5.41) is 2.68. The maximum Gasteiger partial charge on any atom is 0.237 e. The Hall–Kier alpha value is -1.53. The summed E-state index contributed by atoms with van der Waals surface area (Å²) in [5.41, 5.74) is 6.17. The van der Waals surface area contributed by atoms with Gasteiger partial charge in [-0.15, -0.1) is 0 Å². The summed E-state index contributed by atoms with van der Waals surface area (Å²) in [5.74, 6) is -1.10. The second kappa shape index (κ2) is 7.47. The molecular formula is C15H20F2N2O2. The lowest BCUT2D eigenvalue weighted by molar-refractivity contribution is -0.124. The Labute approximate surface area is 122 Å². The zero-order valence-corrected chi connectivity index (χ0v) is 11.8. The lowest BCUT2D eigenvalue weighted by Gasteiger charge is -2.26. The Morgan fingerprint density at radius 3 is 2.81 bits per heavy atom. The summed E-state index contributed by atoms with van der Waals surface area (Å²) >= 11 is 0. The first-order valence-electron chi connectivity index (χ1n) is 7.13. The van der Waals surface area contributed by atoms with Crippen LogP contribution < -0.4 is 11.1 Å². The molecule has 1 aliphatic heterocycles. The van der Waals surface area contributed by atoms with Crippen LogP contribution in [0.3, 0.4) is 0 Å². The number of hydrogen-bond acceptors (Lipinski definition) is 3. The van der Waals surface area contributed by atoms with Crippen LogP contribution in [-0.2, 0) is 16.0 Å². The van der Waals surface area contributed by atoms with Crippen molar-refractivity contribution in [2.45, 2.75) is 25.3 Å². The van der Waals surface area contributed by atoms with Crippen LogP contribution >= 0.6 is 0 Å². The molecule has 0 aromatic heterocycles. The van der Waals surface area contributed by atoms with Gasteiger partial charge in [0.15, 0.2) is 0 Å². The number of halogens is 2. The predicted molar refractivity (Wildman–Crippen MR) is 74.6 cm³/mol. The molecule has 1 heterocycles. The molecule has 1 aromatic carbocycles. The topological polar surface area (TPSA) is 64.4 Å². The summed E-state index contributed by atoms with van der Waals surface area (Å²) in [4.78, 5) is 11.9. The molecule has 2 rings (SSSR count). The molecule has 0 radical (unpaired) electrons. The van der Waals surface area contributed by atoms with Gasteiger partial charge in [-0.1, -0.05) is 0 Å². The van der Waals surface area contributed by atoms with Crippen LogP contribution in [0.4, 0.5) is 8.78 Å². The molecule has 4 nitrogen and oxygen atoms in total. The third kappa shape index (κ3) is 4.47. The third-order valence-corrected chi connectivity index (χ3v) is 3.78. The van der Waals surface area contributed by atoms with E-state index in [2.05, 4.69) is 5.32 Å². The van der Waals surface area contributed by atoms with Crippen LogP contribution in [0.15, 0.2) is 18.2 Å². The van der Waals surface area contributed by atoms with Crippen LogP contribution in [0.5, 0.6) is 0 Å². The zero-order chi connectivity index (χ0) is 15.2. The Morgan fingerprint density at radius 1 is 1.38 bits per heavy atom. The molecule has 1 aromatic rings. The minimum atomic E-state index is -0.578. The van der Waals surface area contributed by atoms with E-state index in [0.717, 1.165) is 31.0 Å². The number of carbonyl (C=O) groups is 1. The van der Waals surface area contributed by atoms with E-state index in [1.165, 1.54) is 0 Å². The number of ether oxygens (including phenoxy) is 1.